The van der Waals surface area contributed by atoms with Gasteiger partial charge in [-0.15, -0.1) is 0 Å². The Kier molecular flexibility index (Phi) is 1.41. The zero-order valence-electron chi connectivity index (χ0n) is 5.99. The summed E-state index contributed by atoms with van der Waals surface area (Å²) in [5.74, 6) is -1.71. The Bertz CT molecular complexity index is 321. The van der Waals surface area contributed by atoms with Crippen molar-refractivity contribution >= 4 is 0 Å². The highest BCUT2D eigenvalue weighted by Gasteiger charge is 2.33. The highest BCUT2D eigenvalue weighted by atomic mass is 16.3. The van der Waals surface area contributed by atoms with Crippen molar-refractivity contribution in [2.24, 2.45) is 20.7 Å². The first kappa shape index (κ1) is 6.99. The highest BCUT2D eigenvalue weighted by Crippen LogP contribution is 2.26. The molecule has 0 saturated heterocycles. The second kappa shape index (κ2) is 2.42. The van der Waals surface area contributed by atoms with E-state index in [4.69, 9.17) is 0 Å². The van der Waals surface area contributed by atoms with Gasteiger partial charge in [-0.25, -0.2) is 0 Å². The Hall–Kier alpha value is -1.69. The van der Waals surface area contributed by atoms with Gasteiger partial charge in [0.2, 0.25) is 0 Å². The number of pyridine rings is 1. The molecule has 1 aliphatic heterocycles. The Morgan fingerprint density at radius 2 is 1.92 bits per heavy atom. The van der Waals surface area contributed by atoms with Crippen molar-refractivity contribution in [3.8, 4) is 0 Å². The van der Waals surface area contributed by atoms with Gasteiger partial charge in [-0.3, -0.25) is 4.98 Å². The molecular weight excluding hydrogens is 158 g/mol. The molecular formula is C6H5N5O. The number of aromatic nitrogens is 1. The summed E-state index contributed by atoms with van der Waals surface area (Å²) < 4.78 is 0. The minimum absolute atomic E-state index is 0.315. The van der Waals surface area contributed by atoms with Gasteiger partial charge in [0.15, 0.2) is 0 Å². The van der Waals surface area contributed by atoms with Crippen LogP contribution >= 0.6 is 0 Å². The van der Waals surface area contributed by atoms with Crippen LogP contribution in [0.1, 0.15) is 5.69 Å². The fourth-order valence-electron chi connectivity index (χ4n) is 0.848. The molecule has 1 aromatic heterocycles. The number of hydrogen-bond donors (Lipinski definition) is 1. The maximum absolute atomic E-state index is 9.58. The largest absolute Gasteiger partial charge is 0.344 e. The smallest absolute Gasteiger partial charge is 0.338 e. The first-order chi connectivity index (χ1) is 5.81. The highest BCUT2D eigenvalue weighted by molar-refractivity contribution is 5.11. The molecule has 6 nitrogen and oxygen atoms in total. The third kappa shape index (κ3) is 0.978. The van der Waals surface area contributed by atoms with Crippen LogP contribution in [0.5, 0.6) is 0 Å². The molecule has 0 bridgehead atoms. The molecule has 0 fully saturated rings. The molecule has 6 heteroatoms. The molecule has 0 aromatic carbocycles. The van der Waals surface area contributed by atoms with E-state index >= 15 is 0 Å². The van der Waals surface area contributed by atoms with E-state index in [1.165, 1.54) is 6.20 Å². The lowest BCUT2D eigenvalue weighted by molar-refractivity contribution is 0.0484. The molecule has 0 spiro atoms. The molecule has 0 saturated carbocycles. The summed E-state index contributed by atoms with van der Waals surface area (Å²) >= 11 is 0. The van der Waals surface area contributed by atoms with Crippen LogP contribution in [0.3, 0.4) is 0 Å². The van der Waals surface area contributed by atoms with E-state index in [1.54, 1.807) is 18.2 Å². The van der Waals surface area contributed by atoms with Gasteiger partial charge in [-0.05, 0) is 22.6 Å². The van der Waals surface area contributed by atoms with E-state index in [0.29, 0.717) is 5.69 Å². The van der Waals surface area contributed by atoms with Gasteiger partial charge in [0.1, 0.15) is 5.69 Å². The molecule has 2 heterocycles. The molecule has 12 heavy (non-hydrogen) atoms. The van der Waals surface area contributed by atoms with Crippen LogP contribution in [-0.4, -0.2) is 10.1 Å². The lowest BCUT2D eigenvalue weighted by Gasteiger charge is -2.09. The minimum Gasteiger partial charge on any atom is -0.344 e. The van der Waals surface area contributed by atoms with Crippen molar-refractivity contribution in [1.82, 2.24) is 4.98 Å². The van der Waals surface area contributed by atoms with Gasteiger partial charge in [-0.2, -0.15) is 0 Å². The van der Waals surface area contributed by atoms with Crippen molar-refractivity contribution in [2.75, 3.05) is 0 Å². The molecule has 60 valence electrons. The summed E-state index contributed by atoms with van der Waals surface area (Å²) in [5, 5.41) is 22.8. The van der Waals surface area contributed by atoms with Gasteiger partial charge in [-0.1, -0.05) is 16.3 Å². The van der Waals surface area contributed by atoms with Crippen LogP contribution in [-0.2, 0) is 5.85 Å². The lowest BCUT2D eigenvalue weighted by Crippen LogP contribution is -2.18. The maximum atomic E-state index is 9.58. The molecule has 1 aliphatic rings. The van der Waals surface area contributed by atoms with E-state index in [9.17, 15) is 5.11 Å². The molecule has 0 radical (unpaired) electrons. The topological polar surface area (TPSA) is 82.6 Å². The lowest BCUT2D eigenvalue weighted by atomic mass is 10.3. The van der Waals surface area contributed by atoms with Crippen molar-refractivity contribution in [2.45, 2.75) is 5.85 Å². The number of rotatable bonds is 1. The normalized spacial score (nSPS) is 18.4. The van der Waals surface area contributed by atoms with E-state index in [1.807, 2.05) is 0 Å². The second-order valence-electron chi connectivity index (χ2n) is 2.23. The van der Waals surface area contributed by atoms with Gasteiger partial charge in [0.05, 0.1) is 0 Å². The van der Waals surface area contributed by atoms with Crippen LogP contribution in [0.2, 0.25) is 0 Å². The first-order valence-corrected chi connectivity index (χ1v) is 3.29. The van der Waals surface area contributed by atoms with Gasteiger partial charge < -0.3 is 5.11 Å². The van der Waals surface area contributed by atoms with Crippen LogP contribution in [0.25, 0.3) is 0 Å². The van der Waals surface area contributed by atoms with E-state index in [2.05, 4.69) is 25.7 Å². The standard InChI is InChI=1S/C6H5N5O/c12-6(8-10-11-9-6)5-3-1-2-4-7-5/h1-4,12H. The van der Waals surface area contributed by atoms with Crippen molar-refractivity contribution in [1.29, 1.82) is 0 Å². The fourth-order valence-corrected chi connectivity index (χ4v) is 0.848. The fraction of sp³-hybridized carbons (Fsp3) is 0.167. The summed E-state index contributed by atoms with van der Waals surface area (Å²) in [6.07, 6.45) is 1.54. The van der Waals surface area contributed by atoms with E-state index < -0.39 is 5.85 Å². The predicted octanol–water partition coefficient (Wildman–Crippen LogP) is 1.02. The molecule has 0 aliphatic carbocycles. The third-order valence-electron chi connectivity index (χ3n) is 1.42. The Labute approximate surface area is 67.7 Å². The third-order valence-corrected chi connectivity index (χ3v) is 1.42. The van der Waals surface area contributed by atoms with Crippen molar-refractivity contribution in [3.05, 3.63) is 30.1 Å². The van der Waals surface area contributed by atoms with E-state index in [0.717, 1.165) is 0 Å². The Morgan fingerprint density at radius 3 is 2.50 bits per heavy atom. The number of hydrogen-bond acceptors (Lipinski definition) is 6. The van der Waals surface area contributed by atoms with Gasteiger partial charge in [0.25, 0.3) is 0 Å². The minimum atomic E-state index is -1.71. The second-order valence-corrected chi connectivity index (χ2v) is 2.23. The summed E-state index contributed by atoms with van der Waals surface area (Å²) in [5.41, 5.74) is 0.315. The van der Waals surface area contributed by atoms with Crippen LogP contribution in [0, 0.1) is 0 Å². The summed E-state index contributed by atoms with van der Waals surface area (Å²) in [7, 11) is 0. The van der Waals surface area contributed by atoms with Crippen LogP contribution in [0.15, 0.2) is 45.1 Å². The van der Waals surface area contributed by atoms with Crippen LogP contribution < -0.4 is 0 Å². The van der Waals surface area contributed by atoms with Crippen LogP contribution in [0.4, 0.5) is 0 Å². The molecule has 1 N–H and O–H groups in total. The quantitative estimate of drug-likeness (QED) is 0.670. The van der Waals surface area contributed by atoms with Crippen molar-refractivity contribution < 1.29 is 5.11 Å². The SMILES string of the molecule is OC1(c2ccccn2)N=NN=N1. The zero-order chi connectivity index (χ0) is 8.44. The average Bonchev–Trinajstić information content (AvgIpc) is 2.55. The van der Waals surface area contributed by atoms with Gasteiger partial charge >= 0.3 is 5.85 Å². The Balaban J connectivity index is 2.43. The van der Waals surface area contributed by atoms with Gasteiger partial charge in [0, 0.05) is 6.20 Å². The summed E-state index contributed by atoms with van der Waals surface area (Å²) in [4.78, 5) is 3.88. The first-order valence-electron chi connectivity index (χ1n) is 3.29. The molecule has 0 atom stereocenters. The summed E-state index contributed by atoms with van der Waals surface area (Å²) in [6.45, 7) is 0. The Morgan fingerprint density at radius 1 is 1.17 bits per heavy atom. The monoisotopic (exact) mass is 163 g/mol. The summed E-state index contributed by atoms with van der Waals surface area (Å²) in [6, 6.07) is 5.06. The predicted molar refractivity (Wildman–Crippen MR) is 37.8 cm³/mol. The van der Waals surface area contributed by atoms with E-state index in [-0.39, 0.29) is 0 Å². The maximum Gasteiger partial charge on any atom is 0.338 e. The number of aliphatic hydroxyl groups is 1. The zero-order valence-corrected chi connectivity index (χ0v) is 5.99. The van der Waals surface area contributed by atoms with Crippen molar-refractivity contribution in [3.63, 3.8) is 0 Å². The molecule has 1 aromatic rings. The molecule has 2 rings (SSSR count). The molecule has 0 unspecified atom stereocenters. The molecule has 0 amide bonds. The average molecular weight is 163 g/mol. The number of nitrogens with zero attached hydrogens (tertiary/aromatic N) is 5.